The van der Waals surface area contributed by atoms with Gasteiger partial charge in [0, 0.05) is 6.42 Å². The third-order valence-corrected chi connectivity index (χ3v) is 9.71. The Hall–Kier alpha value is -1.21. The van der Waals surface area contributed by atoms with Crippen LogP contribution in [0.25, 0.3) is 0 Å². The number of allylic oxidation sites excluding steroid dienone is 1. The van der Waals surface area contributed by atoms with E-state index >= 15 is 0 Å². The summed E-state index contributed by atoms with van der Waals surface area (Å²) >= 11 is 0. The molecule has 0 bridgehead atoms. The van der Waals surface area contributed by atoms with Crippen LogP contribution in [0.15, 0.2) is 11.8 Å². The van der Waals surface area contributed by atoms with Crippen LogP contribution in [0.3, 0.4) is 0 Å². The van der Waals surface area contributed by atoms with Crippen LogP contribution in [0.5, 0.6) is 0 Å². The molecule has 4 heteroatoms. The van der Waals surface area contributed by atoms with E-state index in [1.807, 2.05) is 6.92 Å². The third-order valence-electron chi connectivity index (χ3n) is 5.37. The molecular formula is C20H34O3Si. The van der Waals surface area contributed by atoms with E-state index in [2.05, 4.69) is 45.9 Å². The summed E-state index contributed by atoms with van der Waals surface area (Å²) in [5.41, 5.74) is -0.652. The number of hydrogen-bond donors (Lipinski definition) is 0. The van der Waals surface area contributed by atoms with Gasteiger partial charge < -0.3 is 9.16 Å². The fourth-order valence-corrected chi connectivity index (χ4v) is 3.97. The number of carbonyl (C=O) groups is 1. The van der Waals surface area contributed by atoms with E-state index in [0.29, 0.717) is 19.4 Å². The van der Waals surface area contributed by atoms with Crippen molar-refractivity contribution in [3.63, 3.8) is 0 Å². The second kappa shape index (κ2) is 8.25. The molecular weight excluding hydrogens is 316 g/mol. The van der Waals surface area contributed by atoms with Crippen LogP contribution in [-0.2, 0) is 14.0 Å². The number of esters is 1. The Balaban J connectivity index is 3.18. The van der Waals surface area contributed by atoms with Crippen LogP contribution in [0.1, 0.15) is 66.2 Å². The van der Waals surface area contributed by atoms with Crippen molar-refractivity contribution >= 4 is 14.3 Å². The summed E-state index contributed by atoms with van der Waals surface area (Å²) in [4.78, 5) is 12.9. The number of rotatable bonds is 7. The SMILES string of the molecule is C#CCCCC1(C(=O)OCC)CCCC=C1O[Si](C)(C)C(C)(C)C. The summed E-state index contributed by atoms with van der Waals surface area (Å²) < 4.78 is 12.1. The van der Waals surface area contributed by atoms with Gasteiger partial charge in [0.25, 0.3) is 0 Å². The molecule has 1 aliphatic carbocycles. The van der Waals surface area contributed by atoms with Gasteiger partial charge in [0.05, 0.1) is 12.4 Å². The first-order valence-electron chi connectivity index (χ1n) is 9.11. The fourth-order valence-electron chi connectivity index (χ4n) is 2.84. The molecule has 1 aliphatic rings. The standard InChI is InChI=1S/C20H34O3Si/c1-8-10-12-15-20(18(21)22-9-2)16-13-11-14-17(20)23-24(6,7)19(3,4)5/h1,14H,9-13,15-16H2,2-7H3. The zero-order chi connectivity index (χ0) is 18.4. The molecule has 3 nitrogen and oxygen atoms in total. The number of carbonyl (C=O) groups excluding carboxylic acids is 1. The zero-order valence-electron chi connectivity index (χ0n) is 16.3. The molecule has 0 amide bonds. The summed E-state index contributed by atoms with van der Waals surface area (Å²) in [5.74, 6) is 3.38. The van der Waals surface area contributed by atoms with Crippen molar-refractivity contribution in [2.75, 3.05) is 6.61 Å². The van der Waals surface area contributed by atoms with Gasteiger partial charge in [-0.1, -0.05) is 20.8 Å². The Kier molecular flexibility index (Phi) is 7.16. The third kappa shape index (κ3) is 4.66. The molecule has 0 aromatic carbocycles. The molecule has 0 aromatic rings. The van der Waals surface area contributed by atoms with Gasteiger partial charge in [0.2, 0.25) is 8.32 Å². The highest BCUT2D eigenvalue weighted by atomic mass is 28.4. The lowest BCUT2D eigenvalue weighted by Gasteiger charge is -2.44. The van der Waals surface area contributed by atoms with Crippen molar-refractivity contribution in [2.45, 2.75) is 84.4 Å². The van der Waals surface area contributed by atoms with E-state index < -0.39 is 13.7 Å². The minimum atomic E-state index is -2.01. The lowest BCUT2D eigenvalue weighted by atomic mass is 9.73. The Morgan fingerprint density at radius 1 is 1.42 bits per heavy atom. The molecule has 24 heavy (non-hydrogen) atoms. The van der Waals surface area contributed by atoms with Gasteiger partial charge in [-0.25, -0.2) is 0 Å². The molecule has 1 rings (SSSR count). The van der Waals surface area contributed by atoms with Gasteiger partial charge in [-0.3, -0.25) is 4.79 Å². The van der Waals surface area contributed by atoms with E-state index in [1.54, 1.807) is 0 Å². The predicted octanol–water partition coefficient (Wildman–Crippen LogP) is 5.43. The van der Waals surface area contributed by atoms with E-state index in [0.717, 1.165) is 31.4 Å². The molecule has 0 aromatic heterocycles. The molecule has 0 radical (unpaired) electrons. The lowest BCUT2D eigenvalue weighted by Crippen LogP contribution is -2.46. The first-order chi connectivity index (χ1) is 11.1. The van der Waals surface area contributed by atoms with E-state index in [-0.39, 0.29) is 11.0 Å². The minimum Gasteiger partial charge on any atom is -0.546 e. The number of hydrogen-bond acceptors (Lipinski definition) is 3. The van der Waals surface area contributed by atoms with Crippen LogP contribution >= 0.6 is 0 Å². The van der Waals surface area contributed by atoms with Crippen LogP contribution in [0.4, 0.5) is 0 Å². The maximum Gasteiger partial charge on any atom is 0.319 e. The van der Waals surface area contributed by atoms with Crippen LogP contribution in [0.2, 0.25) is 18.1 Å². The van der Waals surface area contributed by atoms with Crippen molar-refractivity contribution in [2.24, 2.45) is 5.41 Å². The zero-order valence-corrected chi connectivity index (χ0v) is 17.3. The van der Waals surface area contributed by atoms with Gasteiger partial charge >= 0.3 is 5.97 Å². The Morgan fingerprint density at radius 2 is 2.08 bits per heavy atom. The summed E-state index contributed by atoms with van der Waals surface area (Å²) in [5, 5.41) is 0.0878. The molecule has 0 fully saturated rings. The van der Waals surface area contributed by atoms with E-state index in [9.17, 15) is 4.79 Å². The van der Waals surface area contributed by atoms with Crippen molar-refractivity contribution in [3.05, 3.63) is 11.8 Å². The van der Waals surface area contributed by atoms with Gasteiger partial charge in [-0.2, -0.15) is 0 Å². The van der Waals surface area contributed by atoms with E-state index in [4.69, 9.17) is 15.6 Å². The monoisotopic (exact) mass is 350 g/mol. The van der Waals surface area contributed by atoms with Crippen molar-refractivity contribution in [1.82, 2.24) is 0 Å². The maximum absolute atomic E-state index is 12.9. The number of unbranched alkanes of at least 4 members (excludes halogenated alkanes) is 1. The molecule has 1 atom stereocenters. The summed E-state index contributed by atoms with van der Waals surface area (Å²) in [6, 6.07) is 0. The topological polar surface area (TPSA) is 35.5 Å². The predicted molar refractivity (Wildman–Crippen MR) is 102 cm³/mol. The molecule has 0 N–H and O–H groups in total. The largest absolute Gasteiger partial charge is 0.546 e. The van der Waals surface area contributed by atoms with E-state index in [1.165, 1.54) is 0 Å². The first kappa shape index (κ1) is 20.8. The first-order valence-corrected chi connectivity index (χ1v) is 12.0. The average Bonchev–Trinajstić information content (AvgIpc) is 2.48. The highest BCUT2D eigenvalue weighted by Crippen LogP contribution is 2.47. The number of terminal acetylenes is 1. The highest BCUT2D eigenvalue weighted by molar-refractivity contribution is 6.74. The Labute approximate surface area is 149 Å². The highest BCUT2D eigenvalue weighted by Gasteiger charge is 2.49. The van der Waals surface area contributed by atoms with Crippen molar-refractivity contribution in [3.8, 4) is 12.3 Å². The average molecular weight is 351 g/mol. The summed E-state index contributed by atoms with van der Waals surface area (Å²) in [6.45, 7) is 13.3. The smallest absolute Gasteiger partial charge is 0.319 e. The van der Waals surface area contributed by atoms with Crippen molar-refractivity contribution in [1.29, 1.82) is 0 Å². The molecule has 0 aliphatic heterocycles. The summed E-state index contributed by atoms with van der Waals surface area (Å²) in [7, 11) is -2.01. The molecule has 1 unspecified atom stereocenters. The molecule has 136 valence electrons. The normalized spacial score (nSPS) is 21.6. The molecule has 0 spiro atoms. The van der Waals surface area contributed by atoms with Crippen LogP contribution in [-0.4, -0.2) is 20.9 Å². The maximum atomic E-state index is 12.9. The van der Waals surface area contributed by atoms with Crippen molar-refractivity contribution < 1.29 is 14.0 Å². The number of ether oxygens (including phenoxy) is 1. The Bertz CT molecular complexity index is 508. The van der Waals surface area contributed by atoms with Crippen LogP contribution < -0.4 is 0 Å². The minimum absolute atomic E-state index is 0.0878. The molecule has 0 saturated carbocycles. The quantitative estimate of drug-likeness (QED) is 0.266. The summed E-state index contributed by atoms with van der Waals surface area (Å²) in [6.07, 6.45) is 12.5. The second-order valence-electron chi connectivity index (χ2n) is 8.18. The Morgan fingerprint density at radius 3 is 2.62 bits per heavy atom. The van der Waals surface area contributed by atoms with Crippen LogP contribution in [0, 0.1) is 17.8 Å². The fraction of sp³-hybridized carbons (Fsp3) is 0.750. The lowest BCUT2D eigenvalue weighted by molar-refractivity contribution is -0.156. The molecule has 0 saturated heterocycles. The second-order valence-corrected chi connectivity index (χ2v) is 12.9. The van der Waals surface area contributed by atoms with Gasteiger partial charge in [-0.15, -0.1) is 12.3 Å². The molecule has 0 heterocycles. The van der Waals surface area contributed by atoms with Gasteiger partial charge in [0.1, 0.15) is 5.41 Å². The van der Waals surface area contributed by atoms with Gasteiger partial charge in [0.15, 0.2) is 0 Å². The van der Waals surface area contributed by atoms with Gasteiger partial charge in [-0.05, 0) is 63.2 Å².